The molecule has 0 radical (unpaired) electrons. The van der Waals surface area contributed by atoms with Crippen molar-refractivity contribution in [2.24, 2.45) is 0 Å². The number of nitrogens with zero attached hydrogens (tertiary/aromatic N) is 4. The van der Waals surface area contributed by atoms with E-state index in [0.717, 1.165) is 31.9 Å². The number of ether oxygens (including phenoxy) is 2. The van der Waals surface area contributed by atoms with Gasteiger partial charge in [0.25, 0.3) is 5.91 Å². The van der Waals surface area contributed by atoms with Crippen LogP contribution in [0.2, 0.25) is 0 Å². The lowest BCUT2D eigenvalue weighted by molar-refractivity contribution is -0.136. The van der Waals surface area contributed by atoms with E-state index in [2.05, 4.69) is 20.0 Å². The van der Waals surface area contributed by atoms with Crippen molar-refractivity contribution in [3.05, 3.63) is 94.1 Å². The molecule has 11 heteroatoms. The van der Waals surface area contributed by atoms with Gasteiger partial charge < -0.3 is 19.3 Å². The lowest BCUT2D eigenvalue weighted by Gasteiger charge is -2.36. The van der Waals surface area contributed by atoms with E-state index in [4.69, 9.17) is 16.0 Å². The van der Waals surface area contributed by atoms with Crippen LogP contribution in [0.25, 0.3) is 4.85 Å². The summed E-state index contributed by atoms with van der Waals surface area (Å²) in [6, 6.07) is 15.2. The fourth-order valence-corrected chi connectivity index (χ4v) is 6.02. The SMILES string of the molecule is [C-]#[N+]c1ccc(N2CCN(Cc3ccc(COc4cccc5c4CN(C4CCC(=O)NC4=O)C5=O)cc3F)CC2)cc1OC. The van der Waals surface area contributed by atoms with E-state index in [1.165, 1.54) is 11.0 Å². The summed E-state index contributed by atoms with van der Waals surface area (Å²) in [4.78, 5) is 46.4. The third-order valence-electron chi connectivity index (χ3n) is 8.47. The third-order valence-corrected chi connectivity index (χ3v) is 8.47. The lowest BCUT2D eigenvalue weighted by atomic mass is 10.0. The number of methoxy groups -OCH3 is 1. The standard InChI is InChI=1S/C33H32FN5O5/c1-35-27-9-8-23(17-30(27)43-2)38-14-12-37(13-15-38)18-22-7-6-21(16-26(22)34)20-44-29-5-3-4-24-25(29)19-39(33(24)42)28-10-11-31(40)36-32(28)41/h3-9,16-17,28H,10-15,18-20H2,2H3,(H,36,40,41). The number of piperidine rings is 1. The van der Waals surface area contributed by atoms with Gasteiger partial charge >= 0.3 is 0 Å². The monoisotopic (exact) mass is 597 g/mol. The van der Waals surface area contributed by atoms with Gasteiger partial charge in [0.15, 0.2) is 0 Å². The Labute approximate surface area is 254 Å². The molecule has 0 spiro atoms. The molecule has 0 aliphatic carbocycles. The molecule has 2 saturated heterocycles. The first-order valence-corrected chi connectivity index (χ1v) is 14.5. The van der Waals surface area contributed by atoms with Crippen LogP contribution in [0.3, 0.4) is 0 Å². The quantitative estimate of drug-likeness (QED) is 0.309. The number of anilines is 1. The molecule has 3 aliphatic rings. The maximum atomic E-state index is 15.2. The Morgan fingerprint density at radius 2 is 1.84 bits per heavy atom. The molecule has 2 fully saturated rings. The molecule has 3 aromatic rings. The minimum absolute atomic E-state index is 0.120. The van der Waals surface area contributed by atoms with E-state index in [0.29, 0.717) is 46.0 Å². The molecule has 1 N–H and O–H groups in total. The van der Waals surface area contributed by atoms with Crippen LogP contribution in [0.4, 0.5) is 15.8 Å². The van der Waals surface area contributed by atoms with Crippen LogP contribution in [0.5, 0.6) is 11.5 Å². The number of hydrogen-bond acceptors (Lipinski definition) is 7. The number of amides is 3. The van der Waals surface area contributed by atoms with E-state index >= 15 is 4.39 Å². The van der Waals surface area contributed by atoms with Gasteiger partial charge in [0.05, 0.1) is 20.2 Å². The summed E-state index contributed by atoms with van der Waals surface area (Å²) in [5.74, 6) is -0.295. The van der Waals surface area contributed by atoms with Crippen molar-refractivity contribution in [2.75, 3.05) is 38.2 Å². The zero-order chi connectivity index (χ0) is 30.8. The average molecular weight is 598 g/mol. The Bertz CT molecular complexity index is 1660. The van der Waals surface area contributed by atoms with Gasteiger partial charge in [-0.3, -0.25) is 24.6 Å². The Morgan fingerprint density at radius 3 is 2.57 bits per heavy atom. The summed E-state index contributed by atoms with van der Waals surface area (Å²) >= 11 is 0. The zero-order valence-electron chi connectivity index (χ0n) is 24.3. The molecule has 3 aromatic carbocycles. The first-order chi connectivity index (χ1) is 21.3. The number of piperazine rings is 1. The van der Waals surface area contributed by atoms with Gasteiger partial charge in [-0.1, -0.05) is 24.3 Å². The Balaban J connectivity index is 1.05. The van der Waals surface area contributed by atoms with Crippen molar-refractivity contribution in [3.8, 4) is 11.5 Å². The number of fused-ring (bicyclic) bond motifs is 1. The third kappa shape index (κ3) is 5.81. The van der Waals surface area contributed by atoms with Gasteiger partial charge in [0, 0.05) is 61.5 Å². The highest BCUT2D eigenvalue weighted by Gasteiger charge is 2.40. The summed E-state index contributed by atoms with van der Waals surface area (Å²) in [5.41, 5.74) is 3.90. The second-order valence-corrected chi connectivity index (χ2v) is 11.1. The minimum atomic E-state index is -0.703. The molecule has 1 atom stereocenters. The second kappa shape index (κ2) is 12.3. The van der Waals surface area contributed by atoms with Crippen LogP contribution >= 0.6 is 0 Å². The number of carbonyl (C=O) groups excluding carboxylic acids is 3. The minimum Gasteiger partial charge on any atom is -0.508 e. The number of nitrogens with one attached hydrogen (secondary N) is 1. The number of hydrogen-bond donors (Lipinski definition) is 1. The fourth-order valence-electron chi connectivity index (χ4n) is 6.02. The molecule has 3 aliphatic heterocycles. The van der Waals surface area contributed by atoms with Gasteiger partial charge in [0.2, 0.25) is 17.5 Å². The second-order valence-electron chi connectivity index (χ2n) is 11.1. The number of rotatable bonds is 8. The van der Waals surface area contributed by atoms with E-state index in [9.17, 15) is 14.4 Å². The molecule has 1 unspecified atom stereocenters. The topological polar surface area (TPSA) is 95.8 Å². The van der Waals surface area contributed by atoms with Crippen molar-refractivity contribution in [1.29, 1.82) is 0 Å². The first kappa shape index (κ1) is 29.1. The van der Waals surface area contributed by atoms with Gasteiger partial charge in [-0.15, -0.1) is 0 Å². The van der Waals surface area contributed by atoms with Gasteiger partial charge in [-0.05, 0) is 42.3 Å². The highest BCUT2D eigenvalue weighted by molar-refractivity contribution is 6.05. The molecule has 3 heterocycles. The summed E-state index contributed by atoms with van der Waals surface area (Å²) in [6.07, 6.45) is 0.474. The fraction of sp³-hybridized carbons (Fsp3) is 0.333. The van der Waals surface area contributed by atoms with Crippen LogP contribution in [-0.4, -0.2) is 66.9 Å². The number of imide groups is 1. The molecule has 226 valence electrons. The van der Waals surface area contributed by atoms with Gasteiger partial charge in [-0.25, -0.2) is 9.24 Å². The van der Waals surface area contributed by atoms with Crippen LogP contribution in [-0.2, 0) is 29.3 Å². The molecule has 6 rings (SSSR count). The maximum absolute atomic E-state index is 15.2. The molecule has 0 saturated carbocycles. The first-order valence-electron chi connectivity index (χ1n) is 14.5. The van der Waals surface area contributed by atoms with Gasteiger partial charge in [0.1, 0.15) is 30.0 Å². The molecule has 44 heavy (non-hydrogen) atoms. The smallest absolute Gasteiger partial charge is 0.255 e. The number of halogens is 1. The number of benzene rings is 3. The van der Waals surface area contributed by atoms with Crippen LogP contribution in [0.15, 0.2) is 54.6 Å². The van der Waals surface area contributed by atoms with E-state index < -0.39 is 11.9 Å². The zero-order valence-corrected chi connectivity index (χ0v) is 24.3. The summed E-state index contributed by atoms with van der Waals surface area (Å²) < 4.78 is 26.6. The molecular formula is C33H32FN5O5. The van der Waals surface area contributed by atoms with Crippen molar-refractivity contribution < 1.29 is 28.2 Å². The predicted octanol–water partition coefficient (Wildman–Crippen LogP) is 4.05. The highest BCUT2D eigenvalue weighted by Crippen LogP contribution is 2.35. The Kier molecular flexibility index (Phi) is 8.17. The molecule has 10 nitrogen and oxygen atoms in total. The summed E-state index contributed by atoms with van der Waals surface area (Å²) in [7, 11) is 1.56. The summed E-state index contributed by atoms with van der Waals surface area (Å²) in [5, 5.41) is 2.31. The normalized spacial score (nSPS) is 18.6. The summed E-state index contributed by atoms with van der Waals surface area (Å²) in [6.45, 7) is 11.2. The van der Waals surface area contributed by atoms with Crippen molar-refractivity contribution >= 4 is 29.1 Å². The molecular weight excluding hydrogens is 565 g/mol. The van der Waals surface area contributed by atoms with E-state index in [1.54, 1.807) is 37.4 Å². The van der Waals surface area contributed by atoms with Crippen LogP contribution in [0, 0.1) is 12.4 Å². The van der Waals surface area contributed by atoms with E-state index in [1.807, 2.05) is 18.2 Å². The predicted molar refractivity (Wildman–Crippen MR) is 160 cm³/mol. The van der Waals surface area contributed by atoms with Crippen molar-refractivity contribution in [1.82, 2.24) is 15.1 Å². The van der Waals surface area contributed by atoms with Crippen molar-refractivity contribution in [2.45, 2.75) is 38.6 Å². The highest BCUT2D eigenvalue weighted by atomic mass is 19.1. The molecule has 0 bridgehead atoms. The Hall–Kier alpha value is -4.95. The van der Waals surface area contributed by atoms with Crippen LogP contribution < -0.4 is 19.7 Å². The number of carbonyl (C=O) groups is 3. The lowest BCUT2D eigenvalue weighted by Crippen LogP contribution is -2.52. The molecule has 3 amide bonds. The van der Waals surface area contributed by atoms with Crippen molar-refractivity contribution in [3.63, 3.8) is 0 Å². The van der Waals surface area contributed by atoms with E-state index in [-0.39, 0.29) is 43.6 Å². The van der Waals surface area contributed by atoms with Crippen LogP contribution in [0.1, 0.15) is 39.9 Å². The average Bonchev–Trinajstić information content (AvgIpc) is 3.37. The maximum Gasteiger partial charge on any atom is 0.255 e. The molecule has 0 aromatic heterocycles. The largest absolute Gasteiger partial charge is 0.508 e. The van der Waals surface area contributed by atoms with Gasteiger partial charge in [-0.2, -0.15) is 0 Å². The Morgan fingerprint density at radius 1 is 1.02 bits per heavy atom.